The molecule has 0 bridgehead atoms. The molecule has 0 aromatic heterocycles. The third-order valence-electron chi connectivity index (χ3n) is 2.12. The minimum atomic E-state index is -0.698. The van der Waals surface area contributed by atoms with Crippen molar-refractivity contribution in [1.29, 1.82) is 0 Å². The second-order valence-electron chi connectivity index (χ2n) is 3.93. The lowest BCUT2D eigenvalue weighted by molar-refractivity contribution is -0.128. The molecule has 0 saturated carbocycles. The van der Waals surface area contributed by atoms with E-state index in [0.717, 1.165) is 0 Å². The fraction of sp³-hybridized carbons (Fsp3) is 0.545. The Morgan fingerprint density at radius 3 is 1.33 bits per heavy atom. The van der Waals surface area contributed by atoms with Crippen molar-refractivity contribution in [3.63, 3.8) is 0 Å². The number of amides is 5. The highest BCUT2D eigenvalue weighted by atomic mass is 16.2. The van der Waals surface area contributed by atoms with E-state index in [1.54, 1.807) is 6.92 Å². The van der Waals surface area contributed by atoms with E-state index in [4.69, 9.17) is 5.73 Å². The molecule has 0 rings (SSSR count). The predicted molar refractivity (Wildman–Crippen MR) is 71.5 cm³/mol. The molecule has 10 heteroatoms. The number of nitrogens with two attached hydrogens (primary N) is 1. The molecule has 10 nitrogen and oxygen atoms in total. The second kappa shape index (κ2) is 10.2. The van der Waals surface area contributed by atoms with Gasteiger partial charge in [0.15, 0.2) is 0 Å². The summed E-state index contributed by atoms with van der Waals surface area (Å²) >= 11 is 0. The summed E-state index contributed by atoms with van der Waals surface area (Å²) in [6.07, 6.45) is 0.258. The van der Waals surface area contributed by atoms with Crippen LogP contribution in [0.4, 0.5) is 0 Å². The summed E-state index contributed by atoms with van der Waals surface area (Å²) in [6, 6.07) is 0. The zero-order valence-corrected chi connectivity index (χ0v) is 11.7. The Hall–Kier alpha value is -2.65. The molecule has 0 radical (unpaired) electrons. The Labute approximate surface area is 121 Å². The van der Waals surface area contributed by atoms with Crippen molar-refractivity contribution in [3.8, 4) is 0 Å². The van der Waals surface area contributed by atoms with Crippen LogP contribution in [0, 0.1) is 0 Å². The topological polar surface area (TPSA) is 159 Å². The SMILES string of the molecule is CCC(=O)NCC(=O)NCC(=O)NCC(=O)NCC(N)=O. The highest BCUT2D eigenvalue weighted by Crippen LogP contribution is 1.74. The zero-order valence-electron chi connectivity index (χ0n) is 11.7. The molecular weight excluding hydrogens is 282 g/mol. The highest BCUT2D eigenvalue weighted by Gasteiger charge is 2.08. The van der Waals surface area contributed by atoms with Gasteiger partial charge >= 0.3 is 0 Å². The largest absolute Gasteiger partial charge is 0.368 e. The van der Waals surface area contributed by atoms with Gasteiger partial charge in [0, 0.05) is 6.42 Å². The molecule has 0 aliphatic carbocycles. The van der Waals surface area contributed by atoms with Gasteiger partial charge in [0.05, 0.1) is 26.2 Å². The summed E-state index contributed by atoms with van der Waals surface area (Å²) in [7, 11) is 0. The molecule has 0 unspecified atom stereocenters. The van der Waals surface area contributed by atoms with Gasteiger partial charge in [-0.25, -0.2) is 0 Å². The first-order valence-electron chi connectivity index (χ1n) is 6.20. The van der Waals surface area contributed by atoms with Gasteiger partial charge in [-0.3, -0.25) is 24.0 Å². The summed E-state index contributed by atoms with van der Waals surface area (Å²) in [6.45, 7) is 0.435. The van der Waals surface area contributed by atoms with Gasteiger partial charge in [-0.2, -0.15) is 0 Å². The van der Waals surface area contributed by atoms with Crippen molar-refractivity contribution in [2.24, 2.45) is 5.73 Å². The molecule has 0 aliphatic heterocycles. The minimum absolute atomic E-state index is 0.223. The van der Waals surface area contributed by atoms with Gasteiger partial charge in [0.2, 0.25) is 29.5 Å². The Bertz CT molecular complexity index is 423. The zero-order chi connectivity index (χ0) is 16.3. The van der Waals surface area contributed by atoms with Crippen LogP contribution >= 0.6 is 0 Å². The van der Waals surface area contributed by atoms with E-state index in [1.807, 2.05) is 0 Å². The predicted octanol–water partition coefficient (Wildman–Crippen LogP) is -3.65. The third kappa shape index (κ3) is 10.9. The second-order valence-corrected chi connectivity index (χ2v) is 3.93. The van der Waals surface area contributed by atoms with E-state index in [2.05, 4.69) is 21.3 Å². The first-order chi connectivity index (χ1) is 9.85. The fourth-order valence-electron chi connectivity index (χ4n) is 1.03. The number of carbonyl (C=O) groups excluding carboxylic acids is 5. The standard InChI is InChI=1S/C11H19N5O5/c1-2-8(18)14-4-10(20)16-6-11(21)15-5-9(19)13-3-7(12)17/h2-6H2,1H3,(H2,12,17)(H,13,19)(H,14,18)(H,15,21)(H,16,20). The normalized spacial score (nSPS) is 9.38. The van der Waals surface area contributed by atoms with Crippen LogP contribution in [-0.2, 0) is 24.0 Å². The number of carbonyl (C=O) groups is 5. The first-order valence-corrected chi connectivity index (χ1v) is 6.20. The number of primary amides is 1. The van der Waals surface area contributed by atoms with Crippen LogP contribution in [0.5, 0.6) is 0 Å². The summed E-state index contributed by atoms with van der Waals surface area (Å²) in [5.41, 5.74) is 4.82. The number of nitrogens with one attached hydrogen (secondary N) is 4. The van der Waals surface area contributed by atoms with Crippen molar-refractivity contribution in [1.82, 2.24) is 21.3 Å². The van der Waals surface area contributed by atoms with Gasteiger partial charge in [0.25, 0.3) is 0 Å². The summed E-state index contributed by atoms with van der Waals surface area (Å²) in [5, 5.41) is 9.02. The van der Waals surface area contributed by atoms with E-state index < -0.39 is 23.6 Å². The molecule has 6 N–H and O–H groups in total. The molecule has 0 saturated heterocycles. The van der Waals surface area contributed by atoms with Gasteiger partial charge < -0.3 is 27.0 Å². The Kier molecular flexibility index (Phi) is 8.89. The molecule has 5 amide bonds. The maximum absolute atomic E-state index is 11.3. The molecule has 0 aliphatic rings. The fourth-order valence-corrected chi connectivity index (χ4v) is 1.03. The lowest BCUT2D eigenvalue weighted by Crippen LogP contribution is -2.45. The van der Waals surface area contributed by atoms with Crippen LogP contribution < -0.4 is 27.0 Å². The molecule has 0 spiro atoms. The Morgan fingerprint density at radius 2 is 1.00 bits per heavy atom. The minimum Gasteiger partial charge on any atom is -0.368 e. The Balaban J connectivity index is 3.75. The molecule has 118 valence electrons. The van der Waals surface area contributed by atoms with Crippen molar-refractivity contribution in [2.75, 3.05) is 26.2 Å². The van der Waals surface area contributed by atoms with Gasteiger partial charge in [-0.15, -0.1) is 0 Å². The quantitative estimate of drug-likeness (QED) is 0.296. The maximum atomic E-state index is 11.3. The van der Waals surface area contributed by atoms with E-state index in [0.29, 0.717) is 0 Å². The maximum Gasteiger partial charge on any atom is 0.239 e. The summed E-state index contributed by atoms with van der Waals surface area (Å²) in [4.78, 5) is 55.0. The van der Waals surface area contributed by atoms with Crippen LogP contribution in [0.1, 0.15) is 13.3 Å². The highest BCUT2D eigenvalue weighted by molar-refractivity contribution is 5.90. The van der Waals surface area contributed by atoms with Crippen molar-refractivity contribution in [3.05, 3.63) is 0 Å². The summed E-state index contributed by atoms with van der Waals surface area (Å²) in [5.74, 6) is -2.66. The molecule has 0 aromatic rings. The first kappa shape index (κ1) is 18.4. The average Bonchev–Trinajstić information content (AvgIpc) is 2.45. The molecule has 21 heavy (non-hydrogen) atoms. The van der Waals surface area contributed by atoms with Crippen LogP contribution in [0.2, 0.25) is 0 Å². The number of rotatable bonds is 9. The van der Waals surface area contributed by atoms with Gasteiger partial charge in [-0.1, -0.05) is 6.92 Å². The molecule has 0 aromatic carbocycles. The van der Waals surface area contributed by atoms with Crippen molar-refractivity contribution < 1.29 is 24.0 Å². The molecule has 0 heterocycles. The van der Waals surface area contributed by atoms with Crippen molar-refractivity contribution >= 4 is 29.5 Å². The van der Waals surface area contributed by atoms with E-state index in [-0.39, 0.29) is 38.5 Å². The van der Waals surface area contributed by atoms with Crippen molar-refractivity contribution in [2.45, 2.75) is 13.3 Å². The lowest BCUT2D eigenvalue weighted by Gasteiger charge is -2.07. The van der Waals surface area contributed by atoms with E-state index in [9.17, 15) is 24.0 Å². The monoisotopic (exact) mass is 301 g/mol. The smallest absolute Gasteiger partial charge is 0.239 e. The molecular formula is C11H19N5O5. The van der Waals surface area contributed by atoms with Crippen LogP contribution in [0.15, 0.2) is 0 Å². The van der Waals surface area contributed by atoms with E-state index >= 15 is 0 Å². The third-order valence-corrected chi connectivity index (χ3v) is 2.12. The van der Waals surface area contributed by atoms with Gasteiger partial charge in [-0.05, 0) is 0 Å². The summed E-state index contributed by atoms with van der Waals surface area (Å²) < 4.78 is 0. The van der Waals surface area contributed by atoms with Crippen LogP contribution in [0.3, 0.4) is 0 Å². The number of hydrogen-bond donors (Lipinski definition) is 5. The van der Waals surface area contributed by atoms with Crippen LogP contribution in [0.25, 0.3) is 0 Å². The molecule has 0 fully saturated rings. The Morgan fingerprint density at radius 1 is 0.667 bits per heavy atom. The van der Waals surface area contributed by atoms with Crippen LogP contribution in [-0.4, -0.2) is 55.7 Å². The lowest BCUT2D eigenvalue weighted by atomic mass is 10.4. The van der Waals surface area contributed by atoms with E-state index in [1.165, 1.54) is 0 Å². The molecule has 0 atom stereocenters. The number of hydrogen-bond acceptors (Lipinski definition) is 5. The average molecular weight is 301 g/mol. The van der Waals surface area contributed by atoms with Gasteiger partial charge in [0.1, 0.15) is 0 Å².